The van der Waals surface area contributed by atoms with Crippen molar-refractivity contribution in [3.05, 3.63) is 29.8 Å². The van der Waals surface area contributed by atoms with Crippen LogP contribution in [0.2, 0.25) is 0 Å². The van der Waals surface area contributed by atoms with Crippen LogP contribution in [-0.2, 0) is 4.79 Å². The molecule has 0 aliphatic carbocycles. The predicted octanol–water partition coefficient (Wildman–Crippen LogP) is 3.33. The normalized spacial score (nSPS) is 10.8. The lowest BCUT2D eigenvalue weighted by Gasteiger charge is -2.14. The molecule has 0 spiro atoms. The van der Waals surface area contributed by atoms with Gasteiger partial charge in [0.2, 0.25) is 5.91 Å². The highest BCUT2D eigenvalue weighted by atomic mass is 16.5. The summed E-state index contributed by atoms with van der Waals surface area (Å²) in [5.74, 6) is 0.703. The third-order valence-corrected chi connectivity index (χ3v) is 3.14. The van der Waals surface area contributed by atoms with Crippen LogP contribution in [0.3, 0.4) is 0 Å². The zero-order chi connectivity index (χ0) is 15.7. The third-order valence-electron chi connectivity index (χ3n) is 3.14. The summed E-state index contributed by atoms with van der Waals surface area (Å²) in [6.07, 6.45) is 6.41. The molecule has 0 aliphatic rings. The topological polar surface area (TPSA) is 55.6 Å². The van der Waals surface area contributed by atoms with Crippen molar-refractivity contribution in [2.45, 2.75) is 33.1 Å². The fourth-order valence-electron chi connectivity index (χ4n) is 1.81. The van der Waals surface area contributed by atoms with E-state index in [1.807, 2.05) is 32.2 Å². The summed E-state index contributed by atoms with van der Waals surface area (Å²) in [5, 5.41) is 0. The smallest absolute Gasteiger partial charge is 0.246 e. The van der Waals surface area contributed by atoms with Crippen molar-refractivity contribution in [1.29, 1.82) is 0 Å². The van der Waals surface area contributed by atoms with Gasteiger partial charge in [0.05, 0.1) is 12.3 Å². The summed E-state index contributed by atoms with van der Waals surface area (Å²) in [4.78, 5) is 13.6. The first-order valence-electron chi connectivity index (χ1n) is 7.54. The zero-order valence-electron chi connectivity index (χ0n) is 13.3. The van der Waals surface area contributed by atoms with Crippen LogP contribution >= 0.6 is 0 Å². The molecule has 1 aromatic carbocycles. The average Bonchev–Trinajstić information content (AvgIpc) is 2.49. The van der Waals surface area contributed by atoms with Crippen LogP contribution in [0.4, 0.5) is 5.69 Å². The van der Waals surface area contributed by atoms with Gasteiger partial charge in [-0.15, -0.1) is 0 Å². The third kappa shape index (κ3) is 5.90. The van der Waals surface area contributed by atoms with Gasteiger partial charge in [-0.25, -0.2) is 0 Å². The molecule has 0 atom stereocenters. The van der Waals surface area contributed by atoms with Crippen LogP contribution < -0.4 is 10.5 Å². The maximum atomic E-state index is 11.9. The zero-order valence-corrected chi connectivity index (χ0v) is 13.3. The second-order valence-corrected chi connectivity index (χ2v) is 5.09. The summed E-state index contributed by atoms with van der Waals surface area (Å²) in [7, 11) is 1.82. The number of unbranched alkanes of at least 4 members (excludes halogenated alkanes) is 1. The molecule has 2 N–H and O–H groups in total. The van der Waals surface area contributed by atoms with Crippen molar-refractivity contribution in [3.63, 3.8) is 0 Å². The number of rotatable bonds is 8. The molecule has 0 unspecified atom stereocenters. The first kappa shape index (κ1) is 17.1. The Labute approximate surface area is 127 Å². The van der Waals surface area contributed by atoms with E-state index in [1.54, 1.807) is 17.1 Å². The van der Waals surface area contributed by atoms with Gasteiger partial charge >= 0.3 is 0 Å². The minimum Gasteiger partial charge on any atom is -0.491 e. The number of anilines is 1. The van der Waals surface area contributed by atoms with E-state index in [1.165, 1.54) is 0 Å². The first-order valence-corrected chi connectivity index (χ1v) is 7.54. The number of hydrogen-bond donors (Lipinski definition) is 1. The standard InChI is InChI=1S/C17H26N2O2/c1-4-6-11-19(3)17(20)10-8-14-7-9-16(15(18)13-14)21-12-5-2/h7-10,13H,4-6,11-12,18H2,1-3H3/b10-8-. The van der Waals surface area contributed by atoms with Gasteiger partial charge in [0, 0.05) is 19.7 Å². The van der Waals surface area contributed by atoms with Gasteiger partial charge in [-0.05, 0) is 36.6 Å². The molecule has 0 bridgehead atoms. The highest BCUT2D eigenvalue weighted by Crippen LogP contribution is 2.23. The lowest BCUT2D eigenvalue weighted by Crippen LogP contribution is -2.25. The van der Waals surface area contributed by atoms with Gasteiger partial charge in [0.15, 0.2) is 0 Å². The largest absolute Gasteiger partial charge is 0.491 e. The van der Waals surface area contributed by atoms with Crippen LogP contribution in [0.15, 0.2) is 24.3 Å². The Morgan fingerprint density at radius 2 is 2.10 bits per heavy atom. The minimum atomic E-state index is 0.00771. The quantitative estimate of drug-likeness (QED) is 0.590. The molecule has 0 aliphatic heterocycles. The second kappa shape index (κ2) is 9.06. The predicted molar refractivity (Wildman–Crippen MR) is 88.2 cm³/mol. The molecule has 1 rings (SSSR count). The molecule has 1 aromatic rings. The van der Waals surface area contributed by atoms with Crippen molar-refractivity contribution in [2.24, 2.45) is 0 Å². The number of carbonyl (C=O) groups excluding carboxylic acids is 1. The van der Waals surface area contributed by atoms with Crippen molar-refractivity contribution < 1.29 is 9.53 Å². The molecule has 21 heavy (non-hydrogen) atoms. The van der Waals surface area contributed by atoms with Crippen LogP contribution in [0.25, 0.3) is 6.08 Å². The van der Waals surface area contributed by atoms with Gasteiger partial charge in [0.25, 0.3) is 0 Å². The summed E-state index contributed by atoms with van der Waals surface area (Å²) < 4.78 is 5.52. The monoisotopic (exact) mass is 290 g/mol. The number of hydrogen-bond acceptors (Lipinski definition) is 3. The Balaban J connectivity index is 2.63. The maximum absolute atomic E-state index is 11.9. The number of nitrogen functional groups attached to an aromatic ring is 1. The Morgan fingerprint density at radius 1 is 1.33 bits per heavy atom. The highest BCUT2D eigenvalue weighted by Gasteiger charge is 2.04. The number of benzene rings is 1. The Kier molecular flexibility index (Phi) is 7.37. The molecule has 1 amide bonds. The SMILES string of the molecule is CCCCN(C)C(=O)/C=C\c1ccc(OCCC)c(N)c1. The van der Waals surface area contributed by atoms with E-state index in [-0.39, 0.29) is 5.91 Å². The molecule has 4 nitrogen and oxygen atoms in total. The van der Waals surface area contributed by atoms with E-state index in [0.29, 0.717) is 18.0 Å². The van der Waals surface area contributed by atoms with Gasteiger partial charge in [0.1, 0.15) is 5.75 Å². The Morgan fingerprint density at radius 3 is 2.71 bits per heavy atom. The molecule has 0 aromatic heterocycles. The second-order valence-electron chi connectivity index (χ2n) is 5.09. The molecular weight excluding hydrogens is 264 g/mol. The van der Waals surface area contributed by atoms with Crippen molar-refractivity contribution >= 4 is 17.7 Å². The molecule has 0 fully saturated rings. The molecule has 0 heterocycles. The van der Waals surface area contributed by atoms with Crippen LogP contribution in [0.5, 0.6) is 5.75 Å². The summed E-state index contributed by atoms with van der Waals surface area (Å²) in [5.41, 5.74) is 7.43. The highest BCUT2D eigenvalue weighted by molar-refractivity contribution is 5.91. The lowest BCUT2D eigenvalue weighted by molar-refractivity contribution is -0.124. The lowest BCUT2D eigenvalue weighted by atomic mass is 10.1. The van der Waals surface area contributed by atoms with Crippen LogP contribution in [-0.4, -0.2) is 31.0 Å². The van der Waals surface area contributed by atoms with E-state index >= 15 is 0 Å². The number of nitrogens with zero attached hydrogens (tertiary/aromatic N) is 1. The van der Waals surface area contributed by atoms with Gasteiger partial charge < -0.3 is 15.4 Å². The Bertz CT molecular complexity index is 484. The fraction of sp³-hybridized carbons (Fsp3) is 0.471. The average molecular weight is 290 g/mol. The van der Waals surface area contributed by atoms with Gasteiger partial charge in [-0.3, -0.25) is 4.79 Å². The molecular formula is C17H26N2O2. The van der Waals surface area contributed by atoms with Crippen LogP contribution in [0.1, 0.15) is 38.7 Å². The van der Waals surface area contributed by atoms with Crippen molar-refractivity contribution in [1.82, 2.24) is 4.90 Å². The molecule has 0 saturated carbocycles. The van der Waals surface area contributed by atoms with E-state index < -0.39 is 0 Å². The number of carbonyl (C=O) groups is 1. The van der Waals surface area contributed by atoms with Gasteiger partial charge in [-0.1, -0.05) is 26.3 Å². The fourth-order valence-corrected chi connectivity index (χ4v) is 1.81. The first-order chi connectivity index (χ1) is 10.1. The number of likely N-dealkylation sites (N-methyl/N-ethyl adjacent to an activating group) is 1. The van der Waals surface area contributed by atoms with Crippen molar-refractivity contribution in [2.75, 3.05) is 25.9 Å². The van der Waals surface area contributed by atoms with Crippen LogP contribution in [0, 0.1) is 0 Å². The minimum absolute atomic E-state index is 0.00771. The molecule has 0 saturated heterocycles. The molecule has 4 heteroatoms. The number of nitrogens with two attached hydrogens (primary N) is 1. The molecule has 116 valence electrons. The summed E-state index contributed by atoms with van der Waals surface area (Å²) in [6.45, 7) is 5.60. The maximum Gasteiger partial charge on any atom is 0.246 e. The van der Waals surface area contributed by atoms with E-state index in [0.717, 1.165) is 31.4 Å². The van der Waals surface area contributed by atoms with E-state index in [2.05, 4.69) is 6.92 Å². The van der Waals surface area contributed by atoms with E-state index in [9.17, 15) is 4.79 Å². The summed E-state index contributed by atoms with van der Waals surface area (Å²) in [6, 6.07) is 5.56. The number of amides is 1. The molecule has 0 radical (unpaired) electrons. The number of ether oxygens (including phenoxy) is 1. The van der Waals surface area contributed by atoms with E-state index in [4.69, 9.17) is 10.5 Å². The summed E-state index contributed by atoms with van der Waals surface area (Å²) >= 11 is 0. The van der Waals surface area contributed by atoms with Gasteiger partial charge in [-0.2, -0.15) is 0 Å². The Hall–Kier alpha value is -1.97. The van der Waals surface area contributed by atoms with Crippen molar-refractivity contribution in [3.8, 4) is 5.75 Å².